The maximum atomic E-state index is 8.82. The molecule has 0 saturated carbocycles. The van der Waals surface area contributed by atoms with Crippen molar-refractivity contribution >= 4 is 0 Å². The standard InChI is InChI=1S/C6H14O4/c7-2-5(3-8)1-6(10)4-9/h5-10H,1-4H2/t6-/m0/s1. The highest BCUT2D eigenvalue weighted by molar-refractivity contribution is 4.61. The Hall–Kier alpha value is -0.160. The molecule has 0 heterocycles. The van der Waals surface area contributed by atoms with Gasteiger partial charge in [0.15, 0.2) is 0 Å². The van der Waals surface area contributed by atoms with Gasteiger partial charge in [0.25, 0.3) is 0 Å². The zero-order valence-electron chi connectivity index (χ0n) is 5.77. The van der Waals surface area contributed by atoms with Crippen LogP contribution in [0, 0.1) is 5.92 Å². The van der Waals surface area contributed by atoms with Crippen molar-refractivity contribution in [3.8, 4) is 0 Å². The van der Waals surface area contributed by atoms with Gasteiger partial charge in [-0.15, -0.1) is 0 Å². The Morgan fingerprint density at radius 1 is 0.900 bits per heavy atom. The number of aliphatic hydroxyl groups excluding tert-OH is 4. The van der Waals surface area contributed by atoms with Crippen molar-refractivity contribution in [1.29, 1.82) is 0 Å². The van der Waals surface area contributed by atoms with Gasteiger partial charge < -0.3 is 20.4 Å². The van der Waals surface area contributed by atoms with E-state index in [1.54, 1.807) is 0 Å². The Kier molecular flexibility index (Phi) is 5.52. The third-order valence-electron chi connectivity index (χ3n) is 1.33. The number of aliphatic hydroxyl groups is 4. The normalized spacial score (nSPS) is 14.1. The number of hydrogen-bond donors (Lipinski definition) is 4. The molecule has 0 aromatic carbocycles. The molecule has 4 N–H and O–H groups in total. The zero-order chi connectivity index (χ0) is 7.98. The lowest BCUT2D eigenvalue weighted by Gasteiger charge is -2.13. The third-order valence-corrected chi connectivity index (χ3v) is 1.33. The maximum Gasteiger partial charge on any atom is 0.0775 e. The highest BCUT2D eigenvalue weighted by atomic mass is 16.3. The summed E-state index contributed by atoms with van der Waals surface area (Å²) >= 11 is 0. The Bertz CT molecular complexity index is 72.1. The molecule has 4 heteroatoms. The fourth-order valence-corrected chi connectivity index (χ4v) is 0.666. The van der Waals surface area contributed by atoms with Gasteiger partial charge in [-0.2, -0.15) is 0 Å². The van der Waals surface area contributed by atoms with E-state index in [-0.39, 0.29) is 32.2 Å². The molecule has 0 aliphatic carbocycles. The molecule has 4 nitrogen and oxygen atoms in total. The van der Waals surface area contributed by atoms with Crippen LogP contribution in [-0.4, -0.2) is 46.4 Å². The van der Waals surface area contributed by atoms with Gasteiger partial charge in [0.2, 0.25) is 0 Å². The Morgan fingerprint density at radius 3 is 1.70 bits per heavy atom. The molecule has 0 aromatic heterocycles. The molecule has 0 aromatic rings. The van der Waals surface area contributed by atoms with Crippen molar-refractivity contribution < 1.29 is 20.4 Å². The van der Waals surface area contributed by atoms with Gasteiger partial charge in [0.1, 0.15) is 0 Å². The highest BCUT2D eigenvalue weighted by Gasteiger charge is 2.11. The molecule has 0 aliphatic heterocycles. The fourth-order valence-electron chi connectivity index (χ4n) is 0.666. The average Bonchev–Trinajstić information content (AvgIpc) is 1.99. The molecule has 0 amide bonds. The van der Waals surface area contributed by atoms with Gasteiger partial charge in [0.05, 0.1) is 12.7 Å². The SMILES string of the molecule is OCC(CO)C[C@H](O)CO. The molecule has 0 bridgehead atoms. The van der Waals surface area contributed by atoms with E-state index in [2.05, 4.69) is 0 Å². The first-order chi connectivity index (χ1) is 4.74. The van der Waals surface area contributed by atoms with Gasteiger partial charge >= 0.3 is 0 Å². The lowest BCUT2D eigenvalue weighted by atomic mass is 10.0. The van der Waals surface area contributed by atoms with Gasteiger partial charge in [-0.05, 0) is 6.42 Å². The van der Waals surface area contributed by atoms with Crippen LogP contribution in [0.3, 0.4) is 0 Å². The summed E-state index contributed by atoms with van der Waals surface area (Å²) in [7, 11) is 0. The zero-order valence-corrected chi connectivity index (χ0v) is 5.77. The predicted molar refractivity (Wildman–Crippen MR) is 35.4 cm³/mol. The highest BCUT2D eigenvalue weighted by Crippen LogP contribution is 2.03. The van der Waals surface area contributed by atoms with Gasteiger partial charge in [0, 0.05) is 19.1 Å². The van der Waals surface area contributed by atoms with E-state index in [9.17, 15) is 0 Å². The Labute approximate surface area is 59.7 Å². The van der Waals surface area contributed by atoms with E-state index in [0.29, 0.717) is 0 Å². The monoisotopic (exact) mass is 150 g/mol. The van der Waals surface area contributed by atoms with Gasteiger partial charge in [-0.25, -0.2) is 0 Å². The van der Waals surface area contributed by atoms with E-state index in [1.807, 2.05) is 0 Å². The van der Waals surface area contributed by atoms with Crippen molar-refractivity contribution in [2.45, 2.75) is 12.5 Å². The molecular weight excluding hydrogens is 136 g/mol. The number of rotatable bonds is 5. The van der Waals surface area contributed by atoms with E-state index in [0.717, 1.165) is 0 Å². The first-order valence-corrected chi connectivity index (χ1v) is 3.25. The second kappa shape index (κ2) is 5.61. The predicted octanol–water partition coefficient (Wildman–Crippen LogP) is -1.67. The summed E-state index contributed by atoms with van der Waals surface area (Å²) in [6.45, 7) is -0.641. The molecule has 0 unspecified atom stereocenters. The van der Waals surface area contributed by atoms with Gasteiger partial charge in [-0.1, -0.05) is 0 Å². The fraction of sp³-hybridized carbons (Fsp3) is 1.00. The lowest BCUT2D eigenvalue weighted by Crippen LogP contribution is -2.21. The molecule has 0 rings (SSSR count). The number of hydrogen-bond acceptors (Lipinski definition) is 4. The van der Waals surface area contributed by atoms with Crippen LogP contribution in [0.4, 0.5) is 0 Å². The summed E-state index contributed by atoms with van der Waals surface area (Å²) < 4.78 is 0. The minimum absolute atomic E-state index is 0.159. The molecule has 1 atom stereocenters. The second-order valence-corrected chi connectivity index (χ2v) is 2.30. The summed E-state index contributed by atoms with van der Waals surface area (Å²) in [5.41, 5.74) is 0. The van der Waals surface area contributed by atoms with Crippen LogP contribution < -0.4 is 0 Å². The lowest BCUT2D eigenvalue weighted by molar-refractivity contribution is 0.0466. The summed E-state index contributed by atoms with van der Waals surface area (Å²) in [4.78, 5) is 0. The van der Waals surface area contributed by atoms with Gasteiger partial charge in [-0.3, -0.25) is 0 Å². The molecule has 0 fully saturated rings. The molecule has 0 radical (unpaired) electrons. The van der Waals surface area contributed by atoms with Crippen molar-refractivity contribution in [1.82, 2.24) is 0 Å². The van der Waals surface area contributed by atoms with Crippen LogP contribution in [0.2, 0.25) is 0 Å². The van der Waals surface area contributed by atoms with Crippen molar-refractivity contribution in [3.05, 3.63) is 0 Å². The molecule has 0 aliphatic rings. The Balaban J connectivity index is 3.41. The molecule has 0 saturated heterocycles. The van der Waals surface area contributed by atoms with E-state index in [4.69, 9.17) is 20.4 Å². The van der Waals surface area contributed by atoms with Crippen LogP contribution in [0.1, 0.15) is 6.42 Å². The van der Waals surface area contributed by atoms with Crippen molar-refractivity contribution in [3.63, 3.8) is 0 Å². The van der Waals surface area contributed by atoms with Crippen LogP contribution in [-0.2, 0) is 0 Å². The maximum absolute atomic E-state index is 8.82. The van der Waals surface area contributed by atoms with Crippen molar-refractivity contribution in [2.24, 2.45) is 5.92 Å². The summed E-state index contributed by atoms with van der Waals surface area (Å²) in [5, 5.41) is 34.2. The summed E-state index contributed by atoms with van der Waals surface area (Å²) in [6, 6.07) is 0. The first-order valence-electron chi connectivity index (χ1n) is 3.25. The Morgan fingerprint density at radius 2 is 1.40 bits per heavy atom. The van der Waals surface area contributed by atoms with Crippen LogP contribution in [0.25, 0.3) is 0 Å². The largest absolute Gasteiger partial charge is 0.396 e. The van der Waals surface area contributed by atoms with E-state index in [1.165, 1.54) is 0 Å². The second-order valence-electron chi connectivity index (χ2n) is 2.30. The topological polar surface area (TPSA) is 80.9 Å². The quantitative estimate of drug-likeness (QED) is 0.378. The van der Waals surface area contributed by atoms with E-state index < -0.39 is 6.10 Å². The summed E-state index contributed by atoms with van der Waals surface area (Å²) in [5.74, 6) is -0.317. The van der Waals surface area contributed by atoms with Crippen LogP contribution in [0.5, 0.6) is 0 Å². The molecule has 0 spiro atoms. The molecule has 10 heavy (non-hydrogen) atoms. The third kappa shape index (κ3) is 3.79. The van der Waals surface area contributed by atoms with Crippen LogP contribution in [0.15, 0.2) is 0 Å². The average molecular weight is 150 g/mol. The van der Waals surface area contributed by atoms with E-state index >= 15 is 0 Å². The summed E-state index contributed by atoms with van der Waals surface area (Å²) in [6.07, 6.45) is -0.590. The molecule has 62 valence electrons. The molecular formula is C6H14O4. The van der Waals surface area contributed by atoms with Crippen LogP contribution >= 0.6 is 0 Å². The minimum atomic E-state index is -0.829. The smallest absolute Gasteiger partial charge is 0.0775 e. The minimum Gasteiger partial charge on any atom is -0.396 e. The first kappa shape index (κ1) is 9.84. The van der Waals surface area contributed by atoms with Crippen molar-refractivity contribution in [2.75, 3.05) is 19.8 Å².